The molecule has 9 nitrogen and oxygen atoms in total. The lowest BCUT2D eigenvalue weighted by Gasteiger charge is -2.31. The van der Waals surface area contributed by atoms with Crippen LogP contribution < -0.4 is 10.1 Å². The Balaban J connectivity index is 1.26. The van der Waals surface area contributed by atoms with Gasteiger partial charge in [-0.15, -0.1) is 5.10 Å². The van der Waals surface area contributed by atoms with E-state index in [1.807, 2.05) is 30.3 Å². The Bertz CT molecular complexity index is 1000. The Hall–Kier alpha value is -3.30. The number of aromatic nitrogens is 4. The molecule has 4 rings (SSSR count). The summed E-state index contributed by atoms with van der Waals surface area (Å²) >= 11 is 0. The van der Waals surface area contributed by atoms with Crippen molar-refractivity contribution in [1.82, 2.24) is 30.4 Å². The summed E-state index contributed by atoms with van der Waals surface area (Å²) in [6.07, 6.45) is 3.64. The van der Waals surface area contributed by atoms with Crippen molar-refractivity contribution in [2.45, 2.75) is 25.4 Å². The molecular formula is C23H28N6O3. The molecular weight excluding hydrogens is 408 g/mol. The van der Waals surface area contributed by atoms with Crippen LogP contribution in [0.2, 0.25) is 0 Å². The minimum absolute atomic E-state index is 0.163. The molecule has 0 spiro atoms. The van der Waals surface area contributed by atoms with Crippen LogP contribution in [0, 0.1) is 0 Å². The molecule has 1 fully saturated rings. The predicted octanol–water partition coefficient (Wildman–Crippen LogP) is 2.08. The minimum Gasteiger partial charge on any atom is -0.492 e. The molecule has 2 aromatic carbocycles. The van der Waals surface area contributed by atoms with Gasteiger partial charge >= 0.3 is 0 Å². The van der Waals surface area contributed by atoms with E-state index in [2.05, 4.69) is 32.8 Å². The van der Waals surface area contributed by atoms with Crippen LogP contribution in [0.4, 0.5) is 0 Å². The molecule has 168 valence electrons. The molecule has 3 aromatic rings. The van der Waals surface area contributed by atoms with E-state index in [4.69, 9.17) is 9.47 Å². The van der Waals surface area contributed by atoms with Gasteiger partial charge in [0.15, 0.2) is 0 Å². The number of benzene rings is 2. The first-order valence-electron chi connectivity index (χ1n) is 10.8. The molecule has 0 saturated carbocycles. The van der Waals surface area contributed by atoms with Crippen LogP contribution in [0.15, 0.2) is 54.9 Å². The maximum Gasteiger partial charge on any atom is 0.251 e. The van der Waals surface area contributed by atoms with Crippen molar-refractivity contribution in [2.24, 2.45) is 0 Å². The maximum atomic E-state index is 12.6. The number of rotatable bonds is 9. The van der Waals surface area contributed by atoms with Gasteiger partial charge in [0.2, 0.25) is 0 Å². The van der Waals surface area contributed by atoms with Gasteiger partial charge in [0, 0.05) is 37.9 Å². The zero-order chi connectivity index (χ0) is 22.2. The summed E-state index contributed by atoms with van der Waals surface area (Å²) in [5.74, 6) is 0.641. The first kappa shape index (κ1) is 21.9. The smallest absolute Gasteiger partial charge is 0.251 e. The molecule has 0 unspecified atom stereocenters. The van der Waals surface area contributed by atoms with Crippen molar-refractivity contribution < 1.29 is 14.3 Å². The molecule has 1 amide bonds. The topological polar surface area (TPSA) is 94.4 Å². The highest BCUT2D eigenvalue weighted by Crippen LogP contribution is 2.16. The van der Waals surface area contributed by atoms with E-state index in [1.165, 1.54) is 11.0 Å². The Morgan fingerprint density at radius 1 is 1.22 bits per heavy atom. The van der Waals surface area contributed by atoms with Gasteiger partial charge < -0.3 is 14.8 Å². The second-order valence-corrected chi connectivity index (χ2v) is 7.81. The van der Waals surface area contributed by atoms with Crippen LogP contribution >= 0.6 is 0 Å². The van der Waals surface area contributed by atoms with Crippen molar-refractivity contribution in [3.05, 3.63) is 66.0 Å². The lowest BCUT2D eigenvalue weighted by Crippen LogP contribution is -2.38. The molecule has 1 aliphatic heterocycles. The van der Waals surface area contributed by atoms with Gasteiger partial charge in [-0.1, -0.05) is 18.2 Å². The third kappa shape index (κ3) is 5.89. The Kier molecular flexibility index (Phi) is 7.42. The maximum absolute atomic E-state index is 12.6. The fraction of sp³-hybridized carbons (Fsp3) is 0.391. The summed E-state index contributed by atoms with van der Waals surface area (Å²) in [6, 6.07) is 15.5. The first-order chi connectivity index (χ1) is 15.7. The summed E-state index contributed by atoms with van der Waals surface area (Å²) < 4.78 is 12.9. The van der Waals surface area contributed by atoms with E-state index in [0.29, 0.717) is 24.8 Å². The van der Waals surface area contributed by atoms with Gasteiger partial charge in [0.1, 0.15) is 18.7 Å². The van der Waals surface area contributed by atoms with Gasteiger partial charge in [-0.2, -0.15) is 0 Å². The third-order valence-electron chi connectivity index (χ3n) is 5.60. The summed E-state index contributed by atoms with van der Waals surface area (Å²) in [5, 5.41) is 14.1. The SMILES string of the molecule is CN(CCOc1cccc(CNC(=O)c2cccc(-n3cnnn3)c2)c1)C1CCOCC1. The lowest BCUT2D eigenvalue weighted by molar-refractivity contribution is 0.0392. The molecule has 32 heavy (non-hydrogen) atoms. The standard InChI is InChI=1S/C23H28N6O3/c1-28(20-8-11-31-12-9-20)10-13-32-22-7-2-4-18(14-22)16-24-23(30)19-5-3-6-21(15-19)29-17-25-26-27-29/h2-7,14-15,17,20H,8-13,16H2,1H3,(H,24,30). The van der Waals surface area contributed by atoms with Gasteiger partial charge in [0.25, 0.3) is 5.91 Å². The number of likely N-dealkylation sites (N-methyl/N-ethyl adjacent to an activating group) is 1. The van der Waals surface area contributed by atoms with Gasteiger partial charge in [-0.05, 0) is 66.2 Å². The summed E-state index contributed by atoms with van der Waals surface area (Å²) in [4.78, 5) is 14.9. The van der Waals surface area contributed by atoms with Crippen molar-refractivity contribution in [3.8, 4) is 11.4 Å². The first-order valence-corrected chi connectivity index (χ1v) is 10.8. The number of hydrogen-bond donors (Lipinski definition) is 1. The highest BCUT2D eigenvalue weighted by atomic mass is 16.5. The van der Waals surface area contributed by atoms with E-state index in [9.17, 15) is 4.79 Å². The third-order valence-corrected chi connectivity index (χ3v) is 5.60. The van der Waals surface area contributed by atoms with E-state index in [1.54, 1.807) is 18.2 Å². The molecule has 9 heteroatoms. The van der Waals surface area contributed by atoms with Crippen molar-refractivity contribution in [1.29, 1.82) is 0 Å². The zero-order valence-corrected chi connectivity index (χ0v) is 18.2. The normalized spacial score (nSPS) is 14.4. The number of tetrazole rings is 1. The van der Waals surface area contributed by atoms with Crippen LogP contribution in [0.1, 0.15) is 28.8 Å². The molecule has 0 atom stereocenters. The summed E-state index contributed by atoms with van der Waals surface area (Å²) in [7, 11) is 2.14. The predicted molar refractivity (Wildman–Crippen MR) is 119 cm³/mol. The number of carbonyl (C=O) groups is 1. The van der Waals surface area contributed by atoms with Gasteiger partial charge in [0.05, 0.1) is 5.69 Å². The molecule has 2 heterocycles. The van der Waals surface area contributed by atoms with Crippen LogP contribution in [0.5, 0.6) is 5.75 Å². The highest BCUT2D eigenvalue weighted by Gasteiger charge is 2.18. The average molecular weight is 437 g/mol. The zero-order valence-electron chi connectivity index (χ0n) is 18.2. The Labute approximate surface area is 187 Å². The molecule has 0 aliphatic carbocycles. The van der Waals surface area contributed by atoms with Crippen LogP contribution in [0.3, 0.4) is 0 Å². The number of hydrogen-bond acceptors (Lipinski definition) is 7. The number of nitrogens with zero attached hydrogens (tertiary/aromatic N) is 5. The number of nitrogens with one attached hydrogen (secondary N) is 1. The minimum atomic E-state index is -0.163. The lowest BCUT2D eigenvalue weighted by atomic mass is 10.1. The second-order valence-electron chi connectivity index (χ2n) is 7.81. The molecule has 1 aliphatic rings. The average Bonchev–Trinajstić information content (AvgIpc) is 3.39. The highest BCUT2D eigenvalue weighted by molar-refractivity contribution is 5.94. The van der Waals surface area contributed by atoms with Crippen molar-refractivity contribution >= 4 is 5.91 Å². The van der Waals surface area contributed by atoms with Crippen LogP contribution in [-0.4, -0.2) is 70.5 Å². The van der Waals surface area contributed by atoms with Gasteiger partial charge in [-0.3, -0.25) is 9.69 Å². The Morgan fingerprint density at radius 2 is 2.06 bits per heavy atom. The molecule has 1 aromatic heterocycles. The van der Waals surface area contributed by atoms with E-state index >= 15 is 0 Å². The monoisotopic (exact) mass is 436 g/mol. The van der Waals surface area contributed by atoms with Crippen molar-refractivity contribution in [3.63, 3.8) is 0 Å². The Morgan fingerprint density at radius 3 is 2.88 bits per heavy atom. The van der Waals surface area contributed by atoms with Crippen molar-refractivity contribution in [2.75, 3.05) is 33.4 Å². The fourth-order valence-electron chi connectivity index (χ4n) is 3.71. The van der Waals surface area contributed by atoms with Gasteiger partial charge in [-0.25, -0.2) is 4.68 Å². The summed E-state index contributed by atoms with van der Waals surface area (Å²) in [5.41, 5.74) is 2.25. The van der Waals surface area contributed by atoms with E-state index < -0.39 is 0 Å². The molecule has 0 bridgehead atoms. The number of carbonyl (C=O) groups excluding carboxylic acids is 1. The number of ether oxygens (including phenoxy) is 2. The molecule has 1 saturated heterocycles. The van der Waals surface area contributed by atoms with E-state index in [0.717, 1.165) is 49.6 Å². The quantitative estimate of drug-likeness (QED) is 0.549. The number of amides is 1. The molecule has 0 radical (unpaired) electrons. The van der Waals surface area contributed by atoms with Crippen LogP contribution in [-0.2, 0) is 11.3 Å². The summed E-state index contributed by atoms with van der Waals surface area (Å²) in [6.45, 7) is 3.57. The second kappa shape index (κ2) is 10.8. The fourth-order valence-corrected chi connectivity index (χ4v) is 3.71. The van der Waals surface area contributed by atoms with Crippen LogP contribution in [0.25, 0.3) is 5.69 Å². The van der Waals surface area contributed by atoms with E-state index in [-0.39, 0.29) is 5.91 Å². The largest absolute Gasteiger partial charge is 0.492 e. The molecule has 1 N–H and O–H groups in total.